The maximum absolute atomic E-state index is 13.0. The highest BCUT2D eigenvalue weighted by Gasteiger charge is 2.35. The molecule has 0 aliphatic carbocycles. The Morgan fingerprint density at radius 1 is 1.11 bits per heavy atom. The van der Waals surface area contributed by atoms with Gasteiger partial charge in [-0.15, -0.1) is 0 Å². The summed E-state index contributed by atoms with van der Waals surface area (Å²) in [6.07, 6.45) is 1.72. The Labute approximate surface area is 202 Å². The van der Waals surface area contributed by atoms with Crippen LogP contribution in [0.5, 0.6) is 11.6 Å². The first-order chi connectivity index (χ1) is 17.0. The number of rotatable bonds is 5. The van der Waals surface area contributed by atoms with E-state index in [0.29, 0.717) is 23.5 Å². The summed E-state index contributed by atoms with van der Waals surface area (Å²) < 4.78 is 5.76. The maximum atomic E-state index is 13.0. The van der Waals surface area contributed by atoms with Gasteiger partial charge in [0.2, 0.25) is 17.7 Å². The highest BCUT2D eigenvalue weighted by atomic mass is 16.5. The van der Waals surface area contributed by atoms with Crippen molar-refractivity contribution in [2.75, 3.05) is 16.8 Å². The lowest BCUT2D eigenvalue weighted by Crippen LogP contribution is -2.28. The molecule has 1 unspecified atom stereocenters. The summed E-state index contributed by atoms with van der Waals surface area (Å²) in [5.74, 6) is 0.0153. The number of amides is 2. The number of carbonyl (C=O) groups excluding carboxylic acids is 2. The highest BCUT2D eigenvalue weighted by molar-refractivity contribution is 6.08. The van der Waals surface area contributed by atoms with Crippen LogP contribution in [0.4, 0.5) is 11.4 Å². The molecular weight excluding hydrogens is 440 g/mol. The number of hydrogen-bond acceptors (Lipinski definition) is 5. The molecule has 7 nitrogen and oxygen atoms in total. The minimum Gasteiger partial charge on any atom is -0.438 e. The van der Waals surface area contributed by atoms with Crippen molar-refractivity contribution in [3.05, 3.63) is 90.1 Å². The molecule has 1 saturated heterocycles. The fourth-order valence-electron chi connectivity index (χ4n) is 4.30. The standard InChI is InChI=1S/C28H22N4O3/c1-18-14-22(35-28-20(16-29)8-5-13-30-28)11-12-24(18)31-27(34)21-15-26(33)32(17-21)25-10-4-7-19-6-2-3-9-23(19)25/h2-14,21H,15,17H2,1H3,(H,31,34). The van der Waals surface area contributed by atoms with E-state index in [9.17, 15) is 14.9 Å². The summed E-state index contributed by atoms with van der Waals surface area (Å²) in [6.45, 7) is 2.18. The lowest BCUT2D eigenvalue weighted by atomic mass is 10.1. The first kappa shape index (κ1) is 22.1. The van der Waals surface area contributed by atoms with E-state index in [-0.39, 0.29) is 24.1 Å². The van der Waals surface area contributed by atoms with Gasteiger partial charge in [-0.25, -0.2) is 4.98 Å². The third kappa shape index (κ3) is 4.42. The number of ether oxygens (including phenoxy) is 1. The number of aryl methyl sites for hydroxylation is 1. The Bertz CT molecular complexity index is 1490. The molecule has 1 aliphatic rings. The third-order valence-corrected chi connectivity index (χ3v) is 6.12. The first-order valence-corrected chi connectivity index (χ1v) is 11.3. The number of aromatic nitrogens is 1. The molecule has 7 heteroatoms. The molecule has 1 N–H and O–H groups in total. The van der Waals surface area contributed by atoms with Crippen molar-refractivity contribution in [2.24, 2.45) is 5.92 Å². The molecule has 2 heterocycles. The van der Waals surface area contributed by atoms with E-state index < -0.39 is 5.92 Å². The quantitative estimate of drug-likeness (QED) is 0.440. The average molecular weight is 463 g/mol. The topological polar surface area (TPSA) is 95.3 Å². The van der Waals surface area contributed by atoms with Crippen molar-refractivity contribution in [1.29, 1.82) is 5.26 Å². The molecule has 172 valence electrons. The van der Waals surface area contributed by atoms with Crippen molar-refractivity contribution in [3.63, 3.8) is 0 Å². The number of fused-ring (bicyclic) bond motifs is 1. The van der Waals surface area contributed by atoms with E-state index in [2.05, 4.69) is 16.4 Å². The predicted octanol–water partition coefficient (Wildman–Crippen LogP) is 5.20. The van der Waals surface area contributed by atoms with E-state index in [0.717, 1.165) is 22.0 Å². The van der Waals surface area contributed by atoms with Gasteiger partial charge in [0.05, 0.1) is 11.6 Å². The fourth-order valence-corrected chi connectivity index (χ4v) is 4.30. The largest absolute Gasteiger partial charge is 0.438 e. The molecular formula is C28H22N4O3. The molecule has 0 spiro atoms. The SMILES string of the molecule is Cc1cc(Oc2ncccc2C#N)ccc1NC(=O)C1CC(=O)N(c2cccc3ccccc23)C1. The zero-order valence-corrected chi connectivity index (χ0v) is 19.1. The van der Waals surface area contributed by atoms with Crippen molar-refractivity contribution in [2.45, 2.75) is 13.3 Å². The van der Waals surface area contributed by atoms with Gasteiger partial charge >= 0.3 is 0 Å². The van der Waals surface area contributed by atoms with Gasteiger partial charge < -0.3 is 15.0 Å². The number of benzene rings is 3. The van der Waals surface area contributed by atoms with Crippen LogP contribution in [0, 0.1) is 24.2 Å². The molecule has 0 bridgehead atoms. The van der Waals surface area contributed by atoms with Gasteiger partial charge in [0.15, 0.2) is 0 Å². The summed E-state index contributed by atoms with van der Waals surface area (Å²) in [4.78, 5) is 31.7. The second-order valence-electron chi connectivity index (χ2n) is 8.44. The summed E-state index contributed by atoms with van der Waals surface area (Å²) >= 11 is 0. The van der Waals surface area contributed by atoms with Gasteiger partial charge in [-0.1, -0.05) is 36.4 Å². The Balaban J connectivity index is 1.29. The lowest BCUT2D eigenvalue weighted by molar-refractivity contribution is -0.122. The number of nitriles is 1. The molecule has 35 heavy (non-hydrogen) atoms. The number of carbonyl (C=O) groups is 2. The molecule has 1 atom stereocenters. The van der Waals surface area contributed by atoms with Crippen LogP contribution in [0.2, 0.25) is 0 Å². The molecule has 4 aromatic rings. The van der Waals surface area contributed by atoms with Crippen molar-refractivity contribution in [1.82, 2.24) is 4.98 Å². The van der Waals surface area contributed by atoms with Crippen molar-refractivity contribution >= 4 is 34.0 Å². The van der Waals surface area contributed by atoms with Crippen LogP contribution in [-0.4, -0.2) is 23.3 Å². The van der Waals surface area contributed by atoms with Crippen LogP contribution < -0.4 is 15.0 Å². The second-order valence-corrected chi connectivity index (χ2v) is 8.44. The monoisotopic (exact) mass is 462 g/mol. The number of pyridine rings is 1. The van der Waals surface area contributed by atoms with Crippen LogP contribution in [0.1, 0.15) is 17.5 Å². The van der Waals surface area contributed by atoms with Gasteiger partial charge in [-0.05, 0) is 54.3 Å². The molecule has 1 fully saturated rings. The van der Waals surface area contributed by atoms with Crippen LogP contribution in [0.15, 0.2) is 79.0 Å². The first-order valence-electron chi connectivity index (χ1n) is 11.3. The zero-order valence-electron chi connectivity index (χ0n) is 19.1. The Morgan fingerprint density at radius 3 is 2.77 bits per heavy atom. The minimum atomic E-state index is -0.455. The van der Waals surface area contributed by atoms with Gasteiger partial charge in [0, 0.05) is 30.2 Å². The fraction of sp³-hybridized carbons (Fsp3) is 0.143. The van der Waals surface area contributed by atoms with Crippen LogP contribution in [0.3, 0.4) is 0 Å². The van der Waals surface area contributed by atoms with Gasteiger partial charge in [-0.2, -0.15) is 5.26 Å². The predicted molar refractivity (Wildman–Crippen MR) is 133 cm³/mol. The third-order valence-electron chi connectivity index (χ3n) is 6.12. The van der Waals surface area contributed by atoms with Crippen LogP contribution >= 0.6 is 0 Å². The van der Waals surface area contributed by atoms with E-state index in [1.165, 1.54) is 0 Å². The van der Waals surface area contributed by atoms with Crippen LogP contribution in [-0.2, 0) is 9.59 Å². The van der Waals surface area contributed by atoms with Gasteiger partial charge in [0.25, 0.3) is 0 Å². The summed E-state index contributed by atoms with van der Waals surface area (Å²) in [6, 6.07) is 24.3. The van der Waals surface area contributed by atoms with Crippen molar-refractivity contribution < 1.29 is 14.3 Å². The average Bonchev–Trinajstić information content (AvgIpc) is 3.27. The Kier molecular flexibility index (Phi) is 5.86. The van der Waals surface area contributed by atoms with E-state index in [1.807, 2.05) is 49.4 Å². The number of nitrogens with zero attached hydrogens (tertiary/aromatic N) is 3. The summed E-state index contributed by atoms with van der Waals surface area (Å²) in [5.41, 5.74) is 2.59. The highest BCUT2D eigenvalue weighted by Crippen LogP contribution is 2.33. The second kappa shape index (κ2) is 9.27. The molecule has 2 amide bonds. The molecule has 5 rings (SSSR count). The van der Waals surface area contributed by atoms with Crippen molar-refractivity contribution in [3.8, 4) is 17.7 Å². The lowest BCUT2D eigenvalue weighted by Gasteiger charge is -2.19. The molecule has 0 saturated carbocycles. The smallest absolute Gasteiger partial charge is 0.237 e. The van der Waals surface area contributed by atoms with Gasteiger partial charge in [-0.3, -0.25) is 9.59 Å². The summed E-state index contributed by atoms with van der Waals surface area (Å²) in [5, 5.41) is 14.2. The zero-order chi connectivity index (χ0) is 24.4. The Morgan fingerprint density at radius 2 is 1.94 bits per heavy atom. The normalized spacial score (nSPS) is 15.1. The number of nitrogens with one attached hydrogen (secondary N) is 1. The Hall–Kier alpha value is -4.70. The minimum absolute atomic E-state index is 0.0642. The molecule has 0 radical (unpaired) electrons. The molecule has 1 aromatic heterocycles. The number of anilines is 2. The van der Waals surface area contributed by atoms with Gasteiger partial charge in [0.1, 0.15) is 17.4 Å². The summed E-state index contributed by atoms with van der Waals surface area (Å²) in [7, 11) is 0. The number of hydrogen-bond donors (Lipinski definition) is 1. The van der Waals surface area contributed by atoms with E-state index >= 15 is 0 Å². The maximum Gasteiger partial charge on any atom is 0.237 e. The van der Waals surface area contributed by atoms with Crippen LogP contribution in [0.25, 0.3) is 10.8 Å². The molecule has 1 aliphatic heterocycles. The molecule has 3 aromatic carbocycles. The van der Waals surface area contributed by atoms with E-state index in [1.54, 1.807) is 41.4 Å². The van der Waals surface area contributed by atoms with E-state index in [4.69, 9.17) is 4.74 Å².